The molecule has 8 nitrogen and oxygen atoms in total. The van der Waals surface area contributed by atoms with Crippen molar-refractivity contribution in [3.63, 3.8) is 0 Å². The van der Waals surface area contributed by atoms with E-state index >= 15 is 0 Å². The van der Waals surface area contributed by atoms with E-state index in [4.69, 9.17) is 0 Å². The van der Waals surface area contributed by atoms with Crippen molar-refractivity contribution in [2.24, 2.45) is 5.92 Å². The third kappa shape index (κ3) is 4.79. The van der Waals surface area contributed by atoms with Crippen molar-refractivity contribution in [3.8, 4) is 0 Å². The third-order valence-corrected chi connectivity index (χ3v) is 4.42. The number of aromatic nitrogens is 2. The summed E-state index contributed by atoms with van der Waals surface area (Å²) in [4.78, 5) is 31.6. The number of nitrogens with one attached hydrogen (secondary N) is 2. The zero-order chi connectivity index (χ0) is 20.0. The van der Waals surface area contributed by atoms with Gasteiger partial charge in [0.25, 0.3) is 11.2 Å². The van der Waals surface area contributed by atoms with Gasteiger partial charge < -0.3 is 10.3 Å². The van der Waals surface area contributed by atoms with Crippen LogP contribution in [0.2, 0.25) is 0 Å². The molecule has 2 rings (SSSR count). The molecule has 0 amide bonds. The van der Waals surface area contributed by atoms with E-state index in [9.17, 15) is 14.9 Å². The molecule has 0 aliphatic rings. The van der Waals surface area contributed by atoms with E-state index in [0.717, 1.165) is 0 Å². The number of nitro groups is 1. The highest BCUT2D eigenvalue weighted by molar-refractivity contribution is 5.86. The Kier molecular flexibility index (Phi) is 6.84. The summed E-state index contributed by atoms with van der Waals surface area (Å²) >= 11 is 0. The lowest BCUT2D eigenvalue weighted by molar-refractivity contribution is -0.383. The Balaban J connectivity index is 2.36. The summed E-state index contributed by atoms with van der Waals surface area (Å²) in [6.07, 6.45) is 4.94. The molecule has 1 aromatic carbocycles. The Hall–Kier alpha value is -3.00. The maximum atomic E-state index is 11.9. The van der Waals surface area contributed by atoms with Crippen LogP contribution in [0.3, 0.4) is 0 Å². The van der Waals surface area contributed by atoms with Gasteiger partial charge in [-0.15, -0.1) is 13.2 Å². The summed E-state index contributed by atoms with van der Waals surface area (Å²) in [6, 6.07) is 2.92. The number of nitro benzene ring substituents is 1. The molecule has 144 valence electrons. The number of fused-ring (bicyclic) bond motifs is 1. The van der Waals surface area contributed by atoms with E-state index in [1.165, 1.54) is 12.4 Å². The zero-order valence-corrected chi connectivity index (χ0v) is 15.6. The summed E-state index contributed by atoms with van der Waals surface area (Å²) in [5.74, 6) is 0.304. The molecule has 2 N–H and O–H groups in total. The van der Waals surface area contributed by atoms with E-state index in [1.807, 2.05) is 12.2 Å². The van der Waals surface area contributed by atoms with Crippen molar-refractivity contribution < 1.29 is 4.92 Å². The molecule has 0 radical (unpaired) electrons. The first-order valence-corrected chi connectivity index (χ1v) is 8.74. The number of benzene rings is 1. The van der Waals surface area contributed by atoms with Gasteiger partial charge in [-0.1, -0.05) is 26.0 Å². The van der Waals surface area contributed by atoms with Gasteiger partial charge in [-0.05, 0) is 12.0 Å². The summed E-state index contributed by atoms with van der Waals surface area (Å²) < 4.78 is 0. The van der Waals surface area contributed by atoms with Crippen molar-refractivity contribution in [2.45, 2.75) is 19.9 Å². The molecule has 2 aromatic rings. The van der Waals surface area contributed by atoms with Crippen LogP contribution in [-0.4, -0.2) is 45.5 Å². The highest BCUT2D eigenvalue weighted by Crippen LogP contribution is 2.28. The van der Waals surface area contributed by atoms with Gasteiger partial charge in [0.1, 0.15) is 5.69 Å². The Morgan fingerprint density at radius 1 is 1.33 bits per heavy atom. The third-order valence-electron chi connectivity index (χ3n) is 4.42. The normalized spacial score (nSPS) is 12.3. The largest absolute Gasteiger partial charge is 0.378 e. The van der Waals surface area contributed by atoms with Crippen molar-refractivity contribution in [1.29, 1.82) is 0 Å². The topological polar surface area (TPSA) is 104 Å². The second-order valence-corrected chi connectivity index (χ2v) is 6.60. The van der Waals surface area contributed by atoms with E-state index in [1.54, 1.807) is 6.07 Å². The van der Waals surface area contributed by atoms with Gasteiger partial charge in [0.15, 0.2) is 0 Å². The van der Waals surface area contributed by atoms with Crippen LogP contribution in [0, 0.1) is 16.0 Å². The van der Waals surface area contributed by atoms with Crippen LogP contribution >= 0.6 is 0 Å². The van der Waals surface area contributed by atoms with Gasteiger partial charge in [-0.25, -0.2) is 4.98 Å². The minimum absolute atomic E-state index is 0.114. The summed E-state index contributed by atoms with van der Waals surface area (Å²) in [5.41, 5.74) is 0.190. The second-order valence-electron chi connectivity index (χ2n) is 6.60. The molecule has 27 heavy (non-hydrogen) atoms. The van der Waals surface area contributed by atoms with Crippen LogP contribution in [0.25, 0.3) is 10.9 Å². The van der Waals surface area contributed by atoms with Crippen LogP contribution in [0.1, 0.15) is 13.8 Å². The molecule has 0 bridgehead atoms. The minimum Gasteiger partial charge on any atom is -0.378 e. The Labute approximate surface area is 157 Å². The molecule has 0 aliphatic carbocycles. The van der Waals surface area contributed by atoms with Crippen LogP contribution in [0.4, 0.5) is 11.4 Å². The number of aromatic amines is 1. The van der Waals surface area contributed by atoms with Crippen molar-refractivity contribution in [2.75, 3.05) is 25.0 Å². The average molecular weight is 371 g/mol. The Morgan fingerprint density at radius 2 is 2.00 bits per heavy atom. The SMILES string of the molecule is C=CCN(CC=C)C(CNc1cc2nc[nH]c(=O)c2cc1[N+](=O)[O-])C(C)C. The van der Waals surface area contributed by atoms with Crippen LogP contribution in [-0.2, 0) is 0 Å². The molecular formula is C19H25N5O3. The predicted octanol–water partition coefficient (Wildman–Crippen LogP) is 2.94. The number of hydrogen-bond donors (Lipinski definition) is 2. The van der Waals surface area contributed by atoms with Crippen molar-refractivity contribution in [1.82, 2.24) is 14.9 Å². The van der Waals surface area contributed by atoms with Crippen LogP contribution < -0.4 is 10.9 Å². The zero-order valence-electron chi connectivity index (χ0n) is 15.6. The smallest absolute Gasteiger partial charge is 0.293 e. The average Bonchev–Trinajstić information content (AvgIpc) is 2.61. The molecule has 1 heterocycles. The lowest BCUT2D eigenvalue weighted by Crippen LogP contribution is -2.43. The first-order chi connectivity index (χ1) is 12.9. The Morgan fingerprint density at radius 3 is 2.56 bits per heavy atom. The van der Waals surface area contributed by atoms with Crippen LogP contribution in [0.5, 0.6) is 0 Å². The fourth-order valence-electron chi connectivity index (χ4n) is 3.07. The summed E-state index contributed by atoms with van der Waals surface area (Å²) in [5, 5.41) is 14.9. The summed E-state index contributed by atoms with van der Waals surface area (Å²) in [6.45, 7) is 13.7. The molecular weight excluding hydrogens is 346 g/mol. The fourth-order valence-corrected chi connectivity index (χ4v) is 3.07. The molecule has 0 aliphatic heterocycles. The number of H-pyrrole nitrogens is 1. The van der Waals surface area contributed by atoms with E-state index < -0.39 is 10.5 Å². The quantitative estimate of drug-likeness (QED) is 0.378. The highest BCUT2D eigenvalue weighted by Gasteiger charge is 2.23. The molecule has 0 spiro atoms. The maximum absolute atomic E-state index is 11.9. The highest BCUT2D eigenvalue weighted by atomic mass is 16.6. The van der Waals surface area contributed by atoms with Crippen molar-refractivity contribution >= 4 is 22.3 Å². The molecule has 8 heteroatoms. The first-order valence-electron chi connectivity index (χ1n) is 8.74. The van der Waals surface area contributed by atoms with E-state index in [0.29, 0.717) is 36.8 Å². The lowest BCUT2D eigenvalue weighted by atomic mass is 10.0. The monoisotopic (exact) mass is 371 g/mol. The van der Waals surface area contributed by atoms with Crippen molar-refractivity contribution in [3.05, 3.63) is 64.2 Å². The van der Waals surface area contributed by atoms with Gasteiger partial charge >= 0.3 is 0 Å². The number of nitrogens with zero attached hydrogens (tertiary/aromatic N) is 3. The van der Waals surface area contributed by atoms with Gasteiger partial charge in [0.2, 0.25) is 0 Å². The number of anilines is 1. The number of hydrogen-bond acceptors (Lipinski definition) is 6. The molecule has 1 unspecified atom stereocenters. The maximum Gasteiger partial charge on any atom is 0.293 e. The molecule has 1 atom stereocenters. The second kappa shape index (κ2) is 9.09. The standard InChI is InChI=1S/C19H25N5O3/c1-5-7-23(8-6-2)18(13(3)4)11-20-16-10-15-14(9-17(16)24(26)27)19(25)22-12-21-15/h5-6,9-10,12-13,18,20H,1-2,7-8,11H2,3-4H3,(H,21,22,25). The Bertz CT molecular complexity index is 881. The minimum atomic E-state index is -0.496. The fraction of sp³-hybridized carbons (Fsp3) is 0.368. The van der Waals surface area contributed by atoms with Crippen LogP contribution in [0.15, 0.2) is 48.6 Å². The molecule has 0 saturated carbocycles. The van der Waals surface area contributed by atoms with Gasteiger partial charge in [0, 0.05) is 31.7 Å². The first kappa shape index (κ1) is 20.3. The van der Waals surface area contributed by atoms with Gasteiger partial charge in [0.05, 0.1) is 22.2 Å². The van der Waals surface area contributed by atoms with E-state index in [-0.39, 0.29) is 17.1 Å². The molecule has 1 aromatic heterocycles. The van der Waals surface area contributed by atoms with Gasteiger partial charge in [-0.2, -0.15) is 0 Å². The molecule has 0 saturated heterocycles. The molecule has 0 fully saturated rings. The lowest BCUT2D eigenvalue weighted by Gasteiger charge is -2.33. The van der Waals surface area contributed by atoms with E-state index in [2.05, 4.69) is 47.2 Å². The predicted molar refractivity (Wildman–Crippen MR) is 108 cm³/mol. The summed E-state index contributed by atoms with van der Waals surface area (Å²) in [7, 11) is 0. The number of rotatable bonds is 10. The van der Waals surface area contributed by atoms with Gasteiger partial charge in [-0.3, -0.25) is 19.8 Å².